The summed E-state index contributed by atoms with van der Waals surface area (Å²) in [5, 5.41) is 0. The van der Waals surface area contributed by atoms with E-state index >= 15 is 0 Å². The van der Waals surface area contributed by atoms with Crippen molar-refractivity contribution in [3.05, 3.63) is 83.9 Å². The first-order valence-corrected chi connectivity index (χ1v) is 12.2. The van der Waals surface area contributed by atoms with Gasteiger partial charge in [0.1, 0.15) is 0 Å². The number of anilines is 2. The van der Waals surface area contributed by atoms with E-state index in [1.807, 2.05) is 13.8 Å². The minimum atomic E-state index is 1.20. The summed E-state index contributed by atoms with van der Waals surface area (Å²) in [4.78, 5) is 2.26. The quantitative estimate of drug-likeness (QED) is 0.298. The van der Waals surface area contributed by atoms with Gasteiger partial charge < -0.3 is 4.90 Å². The van der Waals surface area contributed by atoms with Gasteiger partial charge in [-0.25, -0.2) is 0 Å². The Morgan fingerprint density at radius 1 is 0.581 bits per heavy atom. The van der Waals surface area contributed by atoms with Crippen LogP contribution in [-0.2, 0) is 6.42 Å². The van der Waals surface area contributed by atoms with E-state index in [2.05, 4.69) is 98.6 Å². The Morgan fingerprint density at radius 2 is 1.03 bits per heavy atom. The summed E-state index contributed by atoms with van der Waals surface area (Å²) >= 11 is 0. The van der Waals surface area contributed by atoms with Crippen LogP contribution in [0.15, 0.2) is 72.8 Å². The molecular weight excluding hydrogens is 374 g/mol. The van der Waals surface area contributed by atoms with Gasteiger partial charge in [-0.2, -0.15) is 0 Å². The SMILES string of the molecule is CC.CCCCCCCCc1ccc(N(C)c2ccc(-c3ccc(C)cc3)cc2)cc1. The summed E-state index contributed by atoms with van der Waals surface area (Å²) in [5.41, 5.74) is 7.72. The molecule has 0 atom stereocenters. The molecular formula is C30H41N. The molecule has 0 unspecified atom stereocenters. The fourth-order valence-corrected chi connectivity index (χ4v) is 3.77. The first kappa shape index (κ1) is 24.7. The van der Waals surface area contributed by atoms with Crippen molar-refractivity contribution in [1.82, 2.24) is 0 Å². The lowest BCUT2D eigenvalue weighted by atomic mass is 10.0. The third kappa shape index (κ3) is 7.90. The Kier molecular flexibility index (Phi) is 10.9. The van der Waals surface area contributed by atoms with Crippen molar-refractivity contribution in [1.29, 1.82) is 0 Å². The molecule has 0 bridgehead atoms. The van der Waals surface area contributed by atoms with Gasteiger partial charge in [0, 0.05) is 18.4 Å². The molecule has 0 amide bonds. The topological polar surface area (TPSA) is 3.24 Å². The normalized spacial score (nSPS) is 10.4. The van der Waals surface area contributed by atoms with Crippen LogP contribution in [0.1, 0.15) is 70.4 Å². The molecule has 0 saturated heterocycles. The molecule has 0 fully saturated rings. The molecule has 1 heteroatoms. The molecule has 0 saturated carbocycles. The van der Waals surface area contributed by atoms with Crippen LogP contribution < -0.4 is 4.90 Å². The molecule has 3 rings (SSSR count). The summed E-state index contributed by atoms with van der Waals surface area (Å²) in [6, 6.07) is 26.6. The maximum atomic E-state index is 2.29. The molecule has 166 valence electrons. The predicted octanol–water partition coefficient (Wildman–Crippen LogP) is 9.36. The van der Waals surface area contributed by atoms with Gasteiger partial charge in [-0.3, -0.25) is 0 Å². The van der Waals surface area contributed by atoms with Crippen LogP contribution in [0.4, 0.5) is 11.4 Å². The number of hydrogen-bond acceptors (Lipinski definition) is 1. The molecule has 31 heavy (non-hydrogen) atoms. The molecule has 3 aromatic rings. The largest absolute Gasteiger partial charge is 0.345 e. The first-order chi connectivity index (χ1) is 15.2. The maximum Gasteiger partial charge on any atom is 0.0408 e. The number of nitrogens with zero attached hydrogens (tertiary/aromatic N) is 1. The van der Waals surface area contributed by atoms with Gasteiger partial charge in [0.25, 0.3) is 0 Å². The van der Waals surface area contributed by atoms with Crippen molar-refractivity contribution in [3.8, 4) is 11.1 Å². The van der Waals surface area contributed by atoms with Crippen LogP contribution >= 0.6 is 0 Å². The fraction of sp³-hybridized carbons (Fsp3) is 0.400. The molecule has 0 heterocycles. The second kappa shape index (κ2) is 13.7. The monoisotopic (exact) mass is 415 g/mol. The number of benzene rings is 3. The van der Waals surface area contributed by atoms with Gasteiger partial charge in [-0.05, 0) is 60.7 Å². The van der Waals surface area contributed by atoms with E-state index in [0.717, 1.165) is 0 Å². The molecule has 0 N–H and O–H groups in total. The Morgan fingerprint density at radius 3 is 1.58 bits per heavy atom. The first-order valence-electron chi connectivity index (χ1n) is 12.2. The standard InChI is InChI=1S/C28H35N.C2H6/c1-4-5-6-7-8-9-10-24-13-19-27(20-14-24)29(3)28-21-17-26(18-22-28)25-15-11-23(2)12-16-25;1-2/h11-22H,4-10H2,1-3H3;1-2H3. The van der Waals surface area contributed by atoms with Crippen LogP contribution in [0.25, 0.3) is 11.1 Å². The van der Waals surface area contributed by atoms with E-state index < -0.39 is 0 Å². The van der Waals surface area contributed by atoms with Crippen LogP contribution in [0, 0.1) is 6.92 Å². The van der Waals surface area contributed by atoms with Gasteiger partial charge in [0.15, 0.2) is 0 Å². The smallest absolute Gasteiger partial charge is 0.0408 e. The molecule has 3 aromatic carbocycles. The Bertz CT molecular complexity index is 844. The van der Waals surface area contributed by atoms with Gasteiger partial charge in [-0.15, -0.1) is 0 Å². The second-order valence-electron chi connectivity index (χ2n) is 8.16. The van der Waals surface area contributed by atoms with Crippen molar-refractivity contribution in [3.63, 3.8) is 0 Å². The van der Waals surface area contributed by atoms with Crippen molar-refractivity contribution < 1.29 is 0 Å². The number of rotatable bonds is 10. The summed E-state index contributed by atoms with van der Waals surface area (Å²) < 4.78 is 0. The van der Waals surface area contributed by atoms with Crippen LogP contribution in [0.3, 0.4) is 0 Å². The van der Waals surface area contributed by atoms with Crippen molar-refractivity contribution in [2.45, 2.75) is 72.6 Å². The molecule has 0 spiro atoms. The lowest BCUT2D eigenvalue weighted by Gasteiger charge is -2.20. The van der Waals surface area contributed by atoms with Crippen molar-refractivity contribution in [2.75, 3.05) is 11.9 Å². The maximum absolute atomic E-state index is 2.29. The lowest BCUT2D eigenvalue weighted by Crippen LogP contribution is -2.09. The zero-order valence-electron chi connectivity index (χ0n) is 20.3. The number of unbranched alkanes of at least 4 members (excludes halogenated alkanes) is 5. The predicted molar refractivity (Wildman–Crippen MR) is 140 cm³/mol. The molecule has 1 nitrogen and oxygen atoms in total. The molecule has 0 aliphatic heterocycles. The summed E-state index contributed by atoms with van der Waals surface area (Å²) in [7, 11) is 2.14. The van der Waals surface area contributed by atoms with Crippen LogP contribution in [0.5, 0.6) is 0 Å². The van der Waals surface area contributed by atoms with Crippen molar-refractivity contribution >= 4 is 11.4 Å². The third-order valence-electron chi connectivity index (χ3n) is 5.78. The zero-order valence-corrected chi connectivity index (χ0v) is 20.3. The molecule has 0 aromatic heterocycles. The summed E-state index contributed by atoms with van der Waals surface area (Å²) in [5.74, 6) is 0. The number of hydrogen-bond donors (Lipinski definition) is 0. The van der Waals surface area contributed by atoms with Gasteiger partial charge in [0.05, 0.1) is 0 Å². The van der Waals surface area contributed by atoms with Crippen molar-refractivity contribution in [2.24, 2.45) is 0 Å². The van der Waals surface area contributed by atoms with E-state index in [4.69, 9.17) is 0 Å². The lowest BCUT2D eigenvalue weighted by molar-refractivity contribution is 0.607. The highest BCUT2D eigenvalue weighted by molar-refractivity contribution is 5.69. The van der Waals surface area contributed by atoms with Gasteiger partial charge in [0.2, 0.25) is 0 Å². The van der Waals surface area contributed by atoms with Crippen LogP contribution in [-0.4, -0.2) is 7.05 Å². The molecule has 0 radical (unpaired) electrons. The minimum Gasteiger partial charge on any atom is -0.345 e. The fourth-order valence-electron chi connectivity index (χ4n) is 3.77. The van der Waals surface area contributed by atoms with Gasteiger partial charge in [-0.1, -0.05) is 107 Å². The Hall–Kier alpha value is -2.54. The van der Waals surface area contributed by atoms with Gasteiger partial charge >= 0.3 is 0 Å². The second-order valence-corrected chi connectivity index (χ2v) is 8.16. The highest BCUT2D eigenvalue weighted by atomic mass is 15.1. The van der Waals surface area contributed by atoms with E-state index in [9.17, 15) is 0 Å². The number of aryl methyl sites for hydroxylation is 2. The van der Waals surface area contributed by atoms with E-state index in [1.54, 1.807) is 0 Å². The Labute approximate surface area is 191 Å². The highest BCUT2D eigenvalue weighted by Gasteiger charge is 2.05. The highest BCUT2D eigenvalue weighted by Crippen LogP contribution is 2.27. The average molecular weight is 416 g/mol. The van der Waals surface area contributed by atoms with Crippen LogP contribution in [0.2, 0.25) is 0 Å². The summed E-state index contributed by atoms with van der Waals surface area (Å²) in [6.45, 7) is 8.40. The average Bonchev–Trinajstić information content (AvgIpc) is 2.83. The molecule has 0 aliphatic rings. The van der Waals surface area contributed by atoms with E-state index in [0.29, 0.717) is 0 Å². The third-order valence-corrected chi connectivity index (χ3v) is 5.78. The minimum absolute atomic E-state index is 1.20. The zero-order chi connectivity index (χ0) is 22.5. The van der Waals surface area contributed by atoms with E-state index in [1.165, 1.54) is 78.6 Å². The van der Waals surface area contributed by atoms with E-state index in [-0.39, 0.29) is 0 Å². The Balaban J connectivity index is 0.00000166. The molecule has 0 aliphatic carbocycles. The summed E-state index contributed by atoms with van der Waals surface area (Å²) in [6.07, 6.45) is 9.34.